The van der Waals surface area contributed by atoms with Crippen LogP contribution in [0.1, 0.15) is 77.6 Å². The Balaban J connectivity index is 3.78. The van der Waals surface area contributed by atoms with Crippen molar-refractivity contribution < 1.29 is 38.5 Å². The van der Waals surface area contributed by atoms with Crippen molar-refractivity contribution in [3.8, 4) is 0 Å². The molecule has 168 valence electrons. The molecule has 0 spiro atoms. The molecule has 0 fully saturated rings. The molecule has 0 amide bonds. The summed E-state index contributed by atoms with van der Waals surface area (Å²) in [6.07, 6.45) is 5.96. The molecule has 0 heterocycles. The first-order valence-electron chi connectivity index (χ1n) is 10.2. The minimum atomic E-state index is -1.17. The standard InChI is InChI=1S/C20H35NO8/c1-3-15(29-19(24)13-12-16(21)20(25)26)14-28-18(23)11-9-7-5-4-6-8-10-17(22)27-2/h15-16H,3-14,21H2,1-2H3,(H,25,26). The summed E-state index contributed by atoms with van der Waals surface area (Å²) in [5.41, 5.74) is 5.34. The Bertz CT molecular complexity index is 509. The first-order valence-corrected chi connectivity index (χ1v) is 10.2. The topological polar surface area (TPSA) is 142 Å². The average molecular weight is 417 g/mol. The van der Waals surface area contributed by atoms with Crippen LogP contribution in [0.15, 0.2) is 0 Å². The molecule has 0 aromatic rings. The van der Waals surface area contributed by atoms with Gasteiger partial charge < -0.3 is 25.1 Å². The Morgan fingerprint density at radius 2 is 1.41 bits per heavy atom. The van der Waals surface area contributed by atoms with Gasteiger partial charge in [0.25, 0.3) is 0 Å². The molecule has 0 saturated carbocycles. The number of carbonyl (C=O) groups excluding carboxylic acids is 3. The molecule has 0 aliphatic rings. The van der Waals surface area contributed by atoms with Gasteiger partial charge in [-0.2, -0.15) is 0 Å². The molecule has 0 aromatic heterocycles. The van der Waals surface area contributed by atoms with Crippen LogP contribution >= 0.6 is 0 Å². The number of hydrogen-bond acceptors (Lipinski definition) is 8. The number of aliphatic carboxylic acids is 1. The summed E-state index contributed by atoms with van der Waals surface area (Å²) < 4.78 is 14.9. The van der Waals surface area contributed by atoms with Gasteiger partial charge >= 0.3 is 23.9 Å². The van der Waals surface area contributed by atoms with Crippen LogP contribution in [0.5, 0.6) is 0 Å². The zero-order valence-corrected chi connectivity index (χ0v) is 17.5. The number of hydrogen-bond donors (Lipinski definition) is 2. The van der Waals surface area contributed by atoms with Crippen LogP contribution in [0.2, 0.25) is 0 Å². The molecule has 9 nitrogen and oxygen atoms in total. The first kappa shape index (κ1) is 26.8. The summed E-state index contributed by atoms with van der Waals surface area (Å²) >= 11 is 0. The highest BCUT2D eigenvalue weighted by atomic mass is 16.6. The Labute approximate surface area is 172 Å². The normalized spacial score (nSPS) is 12.7. The smallest absolute Gasteiger partial charge is 0.320 e. The molecule has 0 rings (SSSR count). The summed E-state index contributed by atoms with van der Waals surface area (Å²) in [5, 5.41) is 8.69. The second-order valence-corrected chi connectivity index (χ2v) is 6.88. The van der Waals surface area contributed by atoms with Crippen LogP contribution in [0.3, 0.4) is 0 Å². The van der Waals surface area contributed by atoms with Crippen LogP contribution < -0.4 is 5.73 Å². The highest BCUT2D eigenvalue weighted by Gasteiger charge is 2.18. The Kier molecular flexibility index (Phi) is 15.5. The largest absolute Gasteiger partial charge is 0.480 e. The Morgan fingerprint density at radius 3 is 1.93 bits per heavy atom. The third-order valence-corrected chi connectivity index (χ3v) is 4.40. The second kappa shape index (κ2) is 16.8. The van der Waals surface area contributed by atoms with Crippen LogP contribution in [0.4, 0.5) is 0 Å². The van der Waals surface area contributed by atoms with Crippen molar-refractivity contribution in [2.24, 2.45) is 5.73 Å². The van der Waals surface area contributed by atoms with Gasteiger partial charge in [0.2, 0.25) is 0 Å². The molecule has 2 unspecified atom stereocenters. The average Bonchev–Trinajstić information content (AvgIpc) is 2.70. The highest BCUT2D eigenvalue weighted by Crippen LogP contribution is 2.10. The minimum absolute atomic E-state index is 0.00687. The predicted octanol–water partition coefficient (Wildman–Crippen LogP) is 2.34. The third kappa shape index (κ3) is 15.4. The van der Waals surface area contributed by atoms with Crippen molar-refractivity contribution in [2.45, 2.75) is 89.7 Å². The van der Waals surface area contributed by atoms with Gasteiger partial charge in [-0.1, -0.05) is 32.6 Å². The molecule has 0 aliphatic heterocycles. The van der Waals surface area contributed by atoms with E-state index >= 15 is 0 Å². The maximum atomic E-state index is 11.8. The summed E-state index contributed by atoms with van der Waals surface area (Å²) in [5.74, 6) is -2.25. The van der Waals surface area contributed by atoms with Crippen LogP contribution in [-0.2, 0) is 33.4 Å². The van der Waals surface area contributed by atoms with Crippen molar-refractivity contribution in [2.75, 3.05) is 13.7 Å². The Morgan fingerprint density at radius 1 is 0.862 bits per heavy atom. The van der Waals surface area contributed by atoms with Crippen molar-refractivity contribution in [3.05, 3.63) is 0 Å². The highest BCUT2D eigenvalue weighted by molar-refractivity contribution is 5.75. The molecule has 0 bridgehead atoms. The van der Waals surface area contributed by atoms with Crippen molar-refractivity contribution in [1.82, 2.24) is 0 Å². The fourth-order valence-corrected chi connectivity index (χ4v) is 2.48. The molecule has 29 heavy (non-hydrogen) atoms. The van der Waals surface area contributed by atoms with Crippen molar-refractivity contribution in [1.29, 1.82) is 0 Å². The molecule has 0 radical (unpaired) electrons. The van der Waals surface area contributed by atoms with Gasteiger partial charge in [0.15, 0.2) is 0 Å². The lowest BCUT2D eigenvalue weighted by atomic mass is 10.1. The number of methoxy groups -OCH3 is 1. The van der Waals surface area contributed by atoms with E-state index in [-0.39, 0.29) is 31.4 Å². The van der Waals surface area contributed by atoms with Gasteiger partial charge in [0, 0.05) is 19.3 Å². The van der Waals surface area contributed by atoms with Crippen molar-refractivity contribution in [3.63, 3.8) is 0 Å². The summed E-state index contributed by atoms with van der Waals surface area (Å²) in [6.45, 7) is 1.79. The number of carbonyl (C=O) groups is 4. The monoisotopic (exact) mass is 417 g/mol. The number of rotatable bonds is 17. The number of nitrogens with two attached hydrogens (primary N) is 1. The van der Waals surface area contributed by atoms with Gasteiger partial charge in [0.05, 0.1) is 7.11 Å². The molecular weight excluding hydrogens is 382 g/mol. The van der Waals surface area contributed by atoms with Gasteiger partial charge in [-0.05, 0) is 25.7 Å². The molecule has 9 heteroatoms. The maximum absolute atomic E-state index is 11.8. The minimum Gasteiger partial charge on any atom is -0.480 e. The molecule has 0 aliphatic carbocycles. The van der Waals surface area contributed by atoms with Gasteiger partial charge in [-0.3, -0.25) is 19.2 Å². The number of carboxylic acids is 1. The lowest BCUT2D eigenvalue weighted by Gasteiger charge is -2.16. The predicted molar refractivity (Wildman–Crippen MR) is 105 cm³/mol. The van der Waals surface area contributed by atoms with Gasteiger partial charge in [-0.15, -0.1) is 0 Å². The number of esters is 3. The number of unbranched alkanes of at least 4 members (excludes halogenated alkanes) is 5. The molecule has 2 atom stereocenters. The fraction of sp³-hybridized carbons (Fsp3) is 0.800. The number of carboxylic acid groups (broad SMARTS) is 1. The lowest BCUT2D eigenvalue weighted by Crippen LogP contribution is -2.31. The van der Waals surface area contributed by atoms with E-state index in [1.165, 1.54) is 7.11 Å². The van der Waals surface area contributed by atoms with Crippen LogP contribution in [0, 0.1) is 0 Å². The summed E-state index contributed by atoms with van der Waals surface area (Å²) in [7, 11) is 1.38. The maximum Gasteiger partial charge on any atom is 0.320 e. The van der Waals surface area contributed by atoms with E-state index in [2.05, 4.69) is 4.74 Å². The Hall–Kier alpha value is -2.16. The zero-order valence-electron chi connectivity index (χ0n) is 17.5. The van der Waals surface area contributed by atoms with E-state index in [0.29, 0.717) is 19.3 Å². The van der Waals surface area contributed by atoms with E-state index in [0.717, 1.165) is 38.5 Å². The van der Waals surface area contributed by atoms with E-state index in [1.54, 1.807) is 6.92 Å². The van der Waals surface area contributed by atoms with Gasteiger partial charge in [-0.25, -0.2) is 0 Å². The molecule has 0 saturated heterocycles. The van der Waals surface area contributed by atoms with Crippen molar-refractivity contribution >= 4 is 23.9 Å². The van der Waals surface area contributed by atoms with Gasteiger partial charge in [0.1, 0.15) is 18.8 Å². The molecule has 3 N–H and O–H groups in total. The quantitative estimate of drug-likeness (QED) is 0.207. The number of ether oxygens (including phenoxy) is 3. The summed E-state index contributed by atoms with van der Waals surface area (Å²) in [6, 6.07) is -1.10. The summed E-state index contributed by atoms with van der Waals surface area (Å²) in [4.78, 5) is 45.1. The van der Waals surface area contributed by atoms with E-state index in [9.17, 15) is 19.2 Å². The molecular formula is C20H35NO8. The van der Waals surface area contributed by atoms with E-state index < -0.39 is 24.1 Å². The zero-order chi connectivity index (χ0) is 22.1. The molecule has 0 aromatic carbocycles. The third-order valence-electron chi connectivity index (χ3n) is 4.40. The van der Waals surface area contributed by atoms with Crippen LogP contribution in [0.25, 0.3) is 0 Å². The van der Waals surface area contributed by atoms with E-state index in [1.807, 2.05) is 0 Å². The SMILES string of the molecule is CCC(COC(=O)CCCCCCCCC(=O)OC)OC(=O)CCC(N)C(=O)O. The first-order chi connectivity index (χ1) is 13.8. The second-order valence-electron chi connectivity index (χ2n) is 6.88. The van der Waals surface area contributed by atoms with Crippen LogP contribution in [-0.4, -0.2) is 54.8 Å². The fourth-order valence-electron chi connectivity index (χ4n) is 2.48. The van der Waals surface area contributed by atoms with E-state index in [4.69, 9.17) is 20.3 Å². The lowest BCUT2D eigenvalue weighted by molar-refractivity contribution is -0.159.